The molecule has 0 spiro atoms. The Labute approximate surface area is 158 Å². The van der Waals surface area contributed by atoms with E-state index in [-0.39, 0.29) is 12.0 Å². The molecule has 4 rings (SSSR count). The monoisotopic (exact) mass is 362 g/mol. The Kier molecular flexibility index (Phi) is 4.67. The zero-order valence-electron chi connectivity index (χ0n) is 15.5. The number of hydrogen-bond acceptors (Lipinski definition) is 4. The molecular weight excluding hydrogens is 340 g/mol. The normalized spacial score (nSPS) is 15.6. The van der Waals surface area contributed by atoms with Crippen molar-refractivity contribution in [2.45, 2.75) is 26.4 Å². The number of hydrogen-bond donors (Lipinski definition) is 1. The standard InChI is InChI=1S/C22H22N2O3/c1-3-17-14(2)21(16-8-4-5-9-18(16)24-17)22(25)23-12-15-13-26-19-10-6-7-11-20(19)27-15/h4-11,15H,3,12-13H2,1-2H3,(H,23,25)/t15-/m1/s1. The maximum Gasteiger partial charge on any atom is 0.252 e. The molecule has 1 aliphatic rings. The number of pyridine rings is 1. The van der Waals surface area contributed by atoms with Crippen molar-refractivity contribution in [3.05, 3.63) is 65.4 Å². The van der Waals surface area contributed by atoms with Gasteiger partial charge in [-0.1, -0.05) is 37.3 Å². The predicted molar refractivity (Wildman–Crippen MR) is 105 cm³/mol. The first kappa shape index (κ1) is 17.3. The SMILES string of the molecule is CCc1nc2ccccc2c(C(=O)NC[C@@H]2COc3ccccc3O2)c1C. The predicted octanol–water partition coefficient (Wildman–Crippen LogP) is 3.68. The third-order valence-electron chi connectivity index (χ3n) is 4.86. The van der Waals surface area contributed by atoms with Gasteiger partial charge in [-0.3, -0.25) is 9.78 Å². The number of carbonyl (C=O) groups excluding carboxylic acids is 1. The largest absolute Gasteiger partial charge is 0.486 e. The second-order valence-corrected chi connectivity index (χ2v) is 6.64. The molecule has 0 radical (unpaired) electrons. The number of benzene rings is 2. The van der Waals surface area contributed by atoms with E-state index < -0.39 is 0 Å². The molecule has 2 aromatic carbocycles. The molecule has 1 atom stereocenters. The first-order valence-corrected chi connectivity index (χ1v) is 9.22. The fraction of sp³-hybridized carbons (Fsp3) is 0.273. The van der Waals surface area contributed by atoms with Gasteiger partial charge in [0.15, 0.2) is 11.5 Å². The molecule has 1 aromatic heterocycles. The van der Waals surface area contributed by atoms with Crippen LogP contribution in [0.25, 0.3) is 10.9 Å². The number of aromatic nitrogens is 1. The maximum absolute atomic E-state index is 13.0. The van der Waals surface area contributed by atoms with Crippen LogP contribution in [0.3, 0.4) is 0 Å². The van der Waals surface area contributed by atoms with Crippen LogP contribution in [0.15, 0.2) is 48.5 Å². The summed E-state index contributed by atoms with van der Waals surface area (Å²) in [5, 5.41) is 3.88. The van der Waals surface area contributed by atoms with Crippen LogP contribution in [0.4, 0.5) is 0 Å². The van der Waals surface area contributed by atoms with E-state index in [2.05, 4.69) is 17.2 Å². The Hall–Kier alpha value is -3.08. The van der Waals surface area contributed by atoms with Crippen LogP contribution >= 0.6 is 0 Å². The van der Waals surface area contributed by atoms with E-state index in [0.29, 0.717) is 24.5 Å². The van der Waals surface area contributed by atoms with Crippen molar-refractivity contribution in [3.63, 3.8) is 0 Å². The Balaban J connectivity index is 1.55. The number of ether oxygens (including phenoxy) is 2. The summed E-state index contributed by atoms with van der Waals surface area (Å²) in [5.41, 5.74) is 3.41. The summed E-state index contributed by atoms with van der Waals surface area (Å²) in [4.78, 5) is 17.7. The highest BCUT2D eigenvalue weighted by atomic mass is 16.6. The molecule has 5 nitrogen and oxygen atoms in total. The third kappa shape index (κ3) is 3.33. The fourth-order valence-corrected chi connectivity index (χ4v) is 3.45. The summed E-state index contributed by atoms with van der Waals surface area (Å²) in [7, 11) is 0. The second-order valence-electron chi connectivity index (χ2n) is 6.64. The van der Waals surface area contributed by atoms with Crippen molar-refractivity contribution in [2.75, 3.05) is 13.2 Å². The lowest BCUT2D eigenvalue weighted by Gasteiger charge is -2.26. The fourth-order valence-electron chi connectivity index (χ4n) is 3.45. The zero-order valence-corrected chi connectivity index (χ0v) is 15.5. The number of carbonyl (C=O) groups is 1. The lowest BCUT2D eigenvalue weighted by Crippen LogP contribution is -2.41. The van der Waals surface area contributed by atoms with Gasteiger partial charge in [0.25, 0.3) is 5.91 Å². The molecule has 1 aliphatic heterocycles. The first-order valence-electron chi connectivity index (χ1n) is 9.22. The molecular formula is C22H22N2O3. The Bertz CT molecular complexity index is 1000. The van der Waals surface area contributed by atoms with Crippen molar-refractivity contribution in [3.8, 4) is 11.5 Å². The smallest absolute Gasteiger partial charge is 0.252 e. The maximum atomic E-state index is 13.0. The molecule has 0 aliphatic carbocycles. The zero-order chi connectivity index (χ0) is 18.8. The Morgan fingerprint density at radius 1 is 1.15 bits per heavy atom. The lowest BCUT2D eigenvalue weighted by molar-refractivity contribution is 0.0789. The van der Waals surface area contributed by atoms with Gasteiger partial charge >= 0.3 is 0 Å². The van der Waals surface area contributed by atoms with Gasteiger partial charge in [-0.2, -0.15) is 0 Å². The first-order chi connectivity index (χ1) is 13.2. The van der Waals surface area contributed by atoms with E-state index in [1.165, 1.54) is 0 Å². The van der Waals surface area contributed by atoms with E-state index in [0.717, 1.165) is 34.3 Å². The highest BCUT2D eigenvalue weighted by Crippen LogP contribution is 2.30. The molecule has 0 unspecified atom stereocenters. The number of nitrogens with one attached hydrogen (secondary N) is 1. The minimum absolute atomic E-state index is 0.108. The number of nitrogens with zero attached hydrogens (tertiary/aromatic N) is 1. The molecule has 0 saturated carbocycles. The summed E-state index contributed by atoms with van der Waals surface area (Å²) < 4.78 is 11.6. The van der Waals surface area contributed by atoms with Crippen molar-refractivity contribution in [1.82, 2.24) is 10.3 Å². The van der Waals surface area contributed by atoms with Crippen LogP contribution in [-0.2, 0) is 6.42 Å². The molecule has 27 heavy (non-hydrogen) atoms. The Morgan fingerprint density at radius 3 is 2.70 bits per heavy atom. The Morgan fingerprint density at radius 2 is 1.89 bits per heavy atom. The summed E-state index contributed by atoms with van der Waals surface area (Å²) in [6.07, 6.45) is 0.565. The van der Waals surface area contributed by atoms with Crippen LogP contribution in [0.1, 0.15) is 28.5 Å². The lowest BCUT2D eigenvalue weighted by atomic mass is 9.99. The molecule has 2 heterocycles. The second kappa shape index (κ2) is 7.27. The number of rotatable bonds is 4. The number of para-hydroxylation sites is 3. The summed E-state index contributed by atoms with van der Waals surface area (Å²) >= 11 is 0. The van der Waals surface area contributed by atoms with Gasteiger partial charge in [0, 0.05) is 11.1 Å². The number of aryl methyl sites for hydroxylation is 1. The third-order valence-corrected chi connectivity index (χ3v) is 4.86. The van der Waals surface area contributed by atoms with Gasteiger partial charge < -0.3 is 14.8 Å². The van der Waals surface area contributed by atoms with Crippen molar-refractivity contribution in [2.24, 2.45) is 0 Å². The van der Waals surface area contributed by atoms with Gasteiger partial charge in [0.1, 0.15) is 12.7 Å². The van der Waals surface area contributed by atoms with E-state index in [1.54, 1.807) is 0 Å². The van der Waals surface area contributed by atoms with E-state index in [1.807, 2.05) is 55.5 Å². The minimum atomic E-state index is -0.220. The van der Waals surface area contributed by atoms with Crippen LogP contribution in [0.2, 0.25) is 0 Å². The average Bonchev–Trinajstić information content (AvgIpc) is 2.71. The molecule has 3 aromatic rings. The molecule has 0 bridgehead atoms. The van der Waals surface area contributed by atoms with Gasteiger partial charge in [0.05, 0.1) is 17.6 Å². The molecule has 0 saturated heterocycles. The van der Waals surface area contributed by atoms with Gasteiger partial charge in [-0.05, 0) is 37.1 Å². The van der Waals surface area contributed by atoms with E-state index in [9.17, 15) is 4.79 Å². The van der Waals surface area contributed by atoms with E-state index >= 15 is 0 Å². The quantitative estimate of drug-likeness (QED) is 0.769. The van der Waals surface area contributed by atoms with Crippen molar-refractivity contribution >= 4 is 16.8 Å². The number of amides is 1. The van der Waals surface area contributed by atoms with Crippen LogP contribution < -0.4 is 14.8 Å². The highest BCUT2D eigenvalue weighted by molar-refractivity contribution is 6.07. The molecule has 5 heteroatoms. The molecule has 1 amide bonds. The topological polar surface area (TPSA) is 60.5 Å². The summed E-state index contributed by atoms with van der Waals surface area (Å²) in [5.74, 6) is 1.34. The summed E-state index contributed by atoms with van der Waals surface area (Å²) in [6.45, 7) is 4.80. The number of fused-ring (bicyclic) bond motifs is 2. The molecule has 138 valence electrons. The van der Waals surface area contributed by atoms with Crippen molar-refractivity contribution < 1.29 is 14.3 Å². The highest BCUT2D eigenvalue weighted by Gasteiger charge is 2.23. The minimum Gasteiger partial charge on any atom is -0.486 e. The summed E-state index contributed by atoms with van der Waals surface area (Å²) in [6, 6.07) is 15.3. The van der Waals surface area contributed by atoms with Crippen LogP contribution in [0, 0.1) is 6.92 Å². The molecule has 0 fully saturated rings. The van der Waals surface area contributed by atoms with E-state index in [4.69, 9.17) is 9.47 Å². The van der Waals surface area contributed by atoms with Gasteiger partial charge in [0.2, 0.25) is 0 Å². The van der Waals surface area contributed by atoms with Gasteiger partial charge in [-0.15, -0.1) is 0 Å². The molecule has 1 N–H and O–H groups in total. The van der Waals surface area contributed by atoms with Crippen LogP contribution in [0.5, 0.6) is 11.5 Å². The van der Waals surface area contributed by atoms with Crippen molar-refractivity contribution in [1.29, 1.82) is 0 Å². The van der Waals surface area contributed by atoms with Gasteiger partial charge in [-0.25, -0.2) is 0 Å². The average molecular weight is 362 g/mol. The van der Waals surface area contributed by atoms with Crippen LogP contribution in [-0.4, -0.2) is 30.1 Å².